The Hall–Kier alpha value is -0.0800. The minimum Gasteiger partial charge on any atom is -0.381 e. The average molecular weight is 183 g/mol. The van der Waals surface area contributed by atoms with Crippen molar-refractivity contribution >= 4 is 0 Å². The van der Waals surface area contributed by atoms with Crippen LogP contribution in [0.2, 0.25) is 0 Å². The number of rotatable bonds is 5. The van der Waals surface area contributed by atoms with Crippen molar-refractivity contribution in [2.45, 2.75) is 50.7 Å². The number of hydrogen-bond acceptors (Lipinski definition) is 2. The van der Waals surface area contributed by atoms with Gasteiger partial charge >= 0.3 is 0 Å². The Morgan fingerprint density at radius 2 is 2.08 bits per heavy atom. The van der Waals surface area contributed by atoms with E-state index in [2.05, 4.69) is 5.32 Å². The first-order valence-electron chi connectivity index (χ1n) is 5.64. The molecule has 2 aliphatic rings. The van der Waals surface area contributed by atoms with Crippen molar-refractivity contribution in [2.75, 3.05) is 13.7 Å². The molecule has 2 heteroatoms. The van der Waals surface area contributed by atoms with Crippen LogP contribution >= 0.6 is 0 Å². The molecular weight excluding hydrogens is 162 g/mol. The second-order valence-electron chi connectivity index (χ2n) is 4.55. The van der Waals surface area contributed by atoms with Crippen LogP contribution in [0.4, 0.5) is 0 Å². The second-order valence-corrected chi connectivity index (χ2v) is 4.55. The molecule has 2 saturated carbocycles. The van der Waals surface area contributed by atoms with Gasteiger partial charge in [0.15, 0.2) is 0 Å². The molecule has 2 rings (SSSR count). The zero-order valence-electron chi connectivity index (χ0n) is 8.59. The molecule has 0 aliphatic heterocycles. The van der Waals surface area contributed by atoms with Gasteiger partial charge < -0.3 is 10.1 Å². The molecule has 0 saturated heterocycles. The van der Waals surface area contributed by atoms with E-state index in [-0.39, 0.29) is 0 Å². The van der Waals surface area contributed by atoms with E-state index in [4.69, 9.17) is 4.74 Å². The summed E-state index contributed by atoms with van der Waals surface area (Å²) in [6, 6.07) is 0.740. The van der Waals surface area contributed by atoms with Gasteiger partial charge in [-0.05, 0) is 38.1 Å². The highest BCUT2D eigenvalue weighted by atomic mass is 16.5. The van der Waals surface area contributed by atoms with Crippen LogP contribution in [0.1, 0.15) is 38.5 Å². The van der Waals surface area contributed by atoms with Gasteiger partial charge in [0.05, 0.1) is 6.10 Å². The third kappa shape index (κ3) is 2.96. The van der Waals surface area contributed by atoms with E-state index in [1.807, 2.05) is 7.11 Å². The Labute approximate surface area is 81.0 Å². The summed E-state index contributed by atoms with van der Waals surface area (Å²) in [6.45, 7) is 1.23. The van der Waals surface area contributed by atoms with Crippen molar-refractivity contribution in [1.29, 1.82) is 0 Å². The van der Waals surface area contributed by atoms with Crippen LogP contribution in [0, 0.1) is 5.92 Å². The maximum Gasteiger partial charge on any atom is 0.0586 e. The first-order chi connectivity index (χ1) is 6.38. The normalized spacial score (nSPS) is 33.9. The highest BCUT2D eigenvalue weighted by molar-refractivity contribution is 4.82. The van der Waals surface area contributed by atoms with Crippen molar-refractivity contribution in [3.05, 3.63) is 0 Å². The quantitative estimate of drug-likeness (QED) is 0.703. The molecule has 0 amide bonds. The van der Waals surface area contributed by atoms with Crippen LogP contribution < -0.4 is 5.32 Å². The van der Waals surface area contributed by atoms with E-state index in [1.54, 1.807) is 0 Å². The van der Waals surface area contributed by atoms with Gasteiger partial charge in [-0.25, -0.2) is 0 Å². The Balaban J connectivity index is 1.54. The first-order valence-corrected chi connectivity index (χ1v) is 5.64. The van der Waals surface area contributed by atoms with E-state index in [1.165, 1.54) is 45.1 Å². The zero-order chi connectivity index (χ0) is 9.10. The lowest BCUT2D eigenvalue weighted by Gasteiger charge is -2.12. The second kappa shape index (κ2) is 4.43. The number of methoxy groups -OCH3 is 1. The van der Waals surface area contributed by atoms with Crippen LogP contribution in [-0.4, -0.2) is 25.8 Å². The SMILES string of the molecule is COC1CCC(NCCC2CC2)C1. The molecule has 0 aromatic carbocycles. The van der Waals surface area contributed by atoms with E-state index < -0.39 is 0 Å². The molecule has 0 heterocycles. The number of hydrogen-bond donors (Lipinski definition) is 1. The summed E-state index contributed by atoms with van der Waals surface area (Å²) < 4.78 is 5.34. The molecule has 76 valence electrons. The fourth-order valence-corrected chi connectivity index (χ4v) is 2.24. The maximum absolute atomic E-state index is 5.34. The molecule has 0 radical (unpaired) electrons. The van der Waals surface area contributed by atoms with Gasteiger partial charge in [0.2, 0.25) is 0 Å². The number of ether oxygens (including phenoxy) is 1. The van der Waals surface area contributed by atoms with Gasteiger partial charge in [-0.3, -0.25) is 0 Å². The molecule has 13 heavy (non-hydrogen) atoms. The Morgan fingerprint density at radius 1 is 1.23 bits per heavy atom. The molecule has 0 bridgehead atoms. The third-order valence-electron chi connectivity index (χ3n) is 3.40. The fourth-order valence-electron chi connectivity index (χ4n) is 2.24. The van der Waals surface area contributed by atoms with Crippen molar-refractivity contribution in [2.24, 2.45) is 5.92 Å². The predicted molar refractivity (Wildman–Crippen MR) is 53.8 cm³/mol. The van der Waals surface area contributed by atoms with Crippen molar-refractivity contribution in [3.63, 3.8) is 0 Å². The van der Waals surface area contributed by atoms with Crippen LogP contribution in [0.25, 0.3) is 0 Å². The lowest BCUT2D eigenvalue weighted by atomic mass is 10.2. The molecule has 1 N–H and O–H groups in total. The Kier molecular flexibility index (Phi) is 3.23. The topological polar surface area (TPSA) is 21.3 Å². The van der Waals surface area contributed by atoms with Gasteiger partial charge in [-0.15, -0.1) is 0 Å². The van der Waals surface area contributed by atoms with E-state index in [0.717, 1.165) is 12.0 Å². The monoisotopic (exact) mass is 183 g/mol. The largest absolute Gasteiger partial charge is 0.381 e. The van der Waals surface area contributed by atoms with Gasteiger partial charge in [0.25, 0.3) is 0 Å². The third-order valence-corrected chi connectivity index (χ3v) is 3.40. The summed E-state index contributed by atoms with van der Waals surface area (Å²) in [7, 11) is 1.83. The number of nitrogens with one attached hydrogen (secondary N) is 1. The van der Waals surface area contributed by atoms with Crippen LogP contribution in [0.3, 0.4) is 0 Å². The van der Waals surface area contributed by atoms with Crippen molar-refractivity contribution < 1.29 is 4.74 Å². The minimum absolute atomic E-state index is 0.526. The van der Waals surface area contributed by atoms with Gasteiger partial charge in [-0.1, -0.05) is 12.8 Å². The molecule has 2 atom stereocenters. The van der Waals surface area contributed by atoms with Gasteiger partial charge in [0, 0.05) is 13.2 Å². The van der Waals surface area contributed by atoms with Crippen molar-refractivity contribution in [3.8, 4) is 0 Å². The highest BCUT2D eigenvalue weighted by Crippen LogP contribution is 2.32. The van der Waals surface area contributed by atoms with E-state index >= 15 is 0 Å². The summed E-state index contributed by atoms with van der Waals surface area (Å²) in [4.78, 5) is 0. The molecule has 2 aliphatic carbocycles. The lowest BCUT2D eigenvalue weighted by molar-refractivity contribution is 0.107. The Morgan fingerprint density at radius 3 is 2.69 bits per heavy atom. The molecule has 0 aromatic heterocycles. The summed E-state index contributed by atoms with van der Waals surface area (Å²) in [5.74, 6) is 1.06. The highest BCUT2D eigenvalue weighted by Gasteiger charge is 2.25. The van der Waals surface area contributed by atoms with Crippen LogP contribution in [-0.2, 0) is 4.74 Å². The molecule has 0 aromatic rings. The van der Waals surface area contributed by atoms with E-state index in [0.29, 0.717) is 6.10 Å². The molecule has 2 nitrogen and oxygen atoms in total. The molecular formula is C11H21NO. The lowest BCUT2D eigenvalue weighted by Crippen LogP contribution is -2.28. The van der Waals surface area contributed by atoms with Gasteiger partial charge in [-0.2, -0.15) is 0 Å². The summed E-state index contributed by atoms with van der Waals surface area (Å²) in [6.07, 6.45) is 8.66. The average Bonchev–Trinajstić information content (AvgIpc) is 2.84. The maximum atomic E-state index is 5.34. The van der Waals surface area contributed by atoms with Crippen LogP contribution in [0.5, 0.6) is 0 Å². The molecule has 0 spiro atoms. The van der Waals surface area contributed by atoms with E-state index in [9.17, 15) is 0 Å². The first kappa shape index (κ1) is 9.47. The minimum atomic E-state index is 0.526. The molecule has 2 unspecified atom stereocenters. The smallest absolute Gasteiger partial charge is 0.0586 e. The predicted octanol–water partition coefficient (Wildman–Crippen LogP) is 1.94. The fraction of sp³-hybridized carbons (Fsp3) is 1.00. The zero-order valence-corrected chi connectivity index (χ0v) is 8.59. The Bertz CT molecular complexity index is 156. The van der Waals surface area contributed by atoms with Crippen LogP contribution in [0.15, 0.2) is 0 Å². The van der Waals surface area contributed by atoms with Crippen molar-refractivity contribution in [1.82, 2.24) is 5.32 Å². The summed E-state index contributed by atoms with van der Waals surface area (Å²) >= 11 is 0. The summed E-state index contributed by atoms with van der Waals surface area (Å²) in [5.41, 5.74) is 0. The summed E-state index contributed by atoms with van der Waals surface area (Å²) in [5, 5.41) is 3.64. The van der Waals surface area contributed by atoms with Gasteiger partial charge in [0.1, 0.15) is 0 Å². The molecule has 2 fully saturated rings. The standard InChI is InChI=1S/C11H21NO/c1-13-11-5-4-10(8-11)12-7-6-9-2-3-9/h9-12H,2-8H2,1H3.